The van der Waals surface area contributed by atoms with Gasteiger partial charge in [-0.15, -0.1) is 5.53 Å². The second-order valence-corrected chi connectivity index (χ2v) is 10.5. The Morgan fingerprint density at radius 2 is 1.83 bits per heavy atom. The topological polar surface area (TPSA) is 136 Å². The number of aromatic nitrogens is 1. The lowest BCUT2D eigenvalue weighted by Gasteiger charge is -2.23. The molecule has 3 aromatic carbocycles. The van der Waals surface area contributed by atoms with Gasteiger partial charge in [-0.3, -0.25) is 9.99 Å². The van der Waals surface area contributed by atoms with Crippen molar-refractivity contribution in [2.24, 2.45) is 0 Å². The smallest absolute Gasteiger partial charge is 0.103 e. The van der Waals surface area contributed by atoms with Gasteiger partial charge in [-0.05, 0) is 48.2 Å². The van der Waals surface area contributed by atoms with Gasteiger partial charge in [-0.1, -0.05) is 54.1 Å². The Labute approximate surface area is 250 Å². The number of nitrogens with zero attached hydrogens (tertiary/aromatic N) is 5. The molecule has 9 nitrogen and oxygen atoms in total. The van der Waals surface area contributed by atoms with Gasteiger partial charge in [0.15, 0.2) is 0 Å². The SMILES string of the molecule is [2H]C(Nc1cc(Cl)c2ncc(C#N)c(N[C@@H](CC#N)c3ccccc3)c2c1)(C1=CN(C2CC2)NN1)c1cccc(C#N)c1. The first kappa shape index (κ1) is 25.7. The largest absolute Gasteiger partial charge is 0.376 e. The van der Waals surface area contributed by atoms with E-state index in [1.807, 2.05) is 41.5 Å². The van der Waals surface area contributed by atoms with Gasteiger partial charge in [0, 0.05) is 29.5 Å². The Bertz CT molecular complexity index is 1850. The molecule has 2 heterocycles. The first-order valence-electron chi connectivity index (χ1n) is 14.0. The summed E-state index contributed by atoms with van der Waals surface area (Å²) in [6, 6.07) is 25.0. The van der Waals surface area contributed by atoms with E-state index in [0.717, 1.165) is 18.4 Å². The van der Waals surface area contributed by atoms with Crippen molar-refractivity contribution >= 4 is 33.9 Å². The van der Waals surface area contributed by atoms with Crippen molar-refractivity contribution in [1.82, 2.24) is 21.0 Å². The number of nitrogens with one attached hydrogen (secondary N) is 4. The fourth-order valence-electron chi connectivity index (χ4n) is 4.96. The highest BCUT2D eigenvalue weighted by molar-refractivity contribution is 6.35. The van der Waals surface area contributed by atoms with Crippen LogP contribution in [0.1, 0.15) is 54.9 Å². The van der Waals surface area contributed by atoms with Crippen molar-refractivity contribution in [1.29, 1.82) is 15.8 Å². The molecular formula is C32H26ClN9. The molecule has 0 bridgehead atoms. The van der Waals surface area contributed by atoms with Gasteiger partial charge in [-0.2, -0.15) is 15.8 Å². The number of fused-ring (bicyclic) bond motifs is 1. The lowest BCUT2D eigenvalue weighted by atomic mass is 10.0. The molecule has 2 aliphatic rings. The summed E-state index contributed by atoms with van der Waals surface area (Å²) in [5.41, 5.74) is 10.4. The Morgan fingerprint density at radius 1 is 1.02 bits per heavy atom. The first-order chi connectivity index (χ1) is 20.9. The van der Waals surface area contributed by atoms with Gasteiger partial charge >= 0.3 is 0 Å². The number of hydrazine groups is 2. The minimum atomic E-state index is -1.55. The van der Waals surface area contributed by atoms with Crippen molar-refractivity contribution in [3.8, 4) is 18.2 Å². The Hall–Kier alpha value is -5.27. The molecule has 0 spiro atoms. The number of benzene rings is 3. The number of halogens is 1. The summed E-state index contributed by atoms with van der Waals surface area (Å²) < 4.78 is 9.73. The second kappa shape index (κ2) is 11.7. The molecule has 4 N–H and O–H groups in total. The molecule has 1 saturated carbocycles. The maximum absolute atomic E-state index is 10.0. The van der Waals surface area contributed by atoms with Gasteiger partial charge in [-0.25, -0.2) is 0 Å². The molecule has 10 heteroatoms. The molecule has 1 aliphatic heterocycles. The summed E-state index contributed by atoms with van der Waals surface area (Å²) in [4.78, 5) is 4.46. The monoisotopic (exact) mass is 572 g/mol. The van der Waals surface area contributed by atoms with Gasteiger partial charge < -0.3 is 16.1 Å². The third-order valence-corrected chi connectivity index (χ3v) is 7.50. The number of rotatable bonds is 9. The minimum Gasteiger partial charge on any atom is -0.376 e. The van der Waals surface area contributed by atoms with Crippen molar-refractivity contribution in [2.75, 3.05) is 10.6 Å². The minimum absolute atomic E-state index is 0.166. The quantitative estimate of drug-likeness (QED) is 0.185. The number of anilines is 2. The van der Waals surface area contributed by atoms with Crippen LogP contribution in [0.2, 0.25) is 5.02 Å². The van der Waals surface area contributed by atoms with E-state index in [1.54, 1.807) is 36.4 Å². The number of nitriles is 3. The van der Waals surface area contributed by atoms with E-state index in [1.165, 1.54) is 6.20 Å². The zero-order valence-electron chi connectivity index (χ0n) is 23.4. The molecule has 1 unspecified atom stereocenters. The van der Waals surface area contributed by atoms with Crippen molar-refractivity contribution in [3.63, 3.8) is 0 Å². The summed E-state index contributed by atoms with van der Waals surface area (Å²) >= 11 is 6.78. The van der Waals surface area contributed by atoms with Crippen LogP contribution >= 0.6 is 11.6 Å². The zero-order valence-corrected chi connectivity index (χ0v) is 23.2. The molecule has 0 radical (unpaired) electrons. The Kier molecular flexibility index (Phi) is 7.15. The summed E-state index contributed by atoms with van der Waals surface area (Å²) in [7, 11) is 0. The van der Waals surface area contributed by atoms with Gasteiger partial charge in [0.25, 0.3) is 0 Å². The molecule has 1 aromatic heterocycles. The Morgan fingerprint density at radius 3 is 2.57 bits per heavy atom. The number of hydrogen-bond acceptors (Lipinski definition) is 9. The number of hydrogen-bond donors (Lipinski definition) is 4. The molecule has 0 amide bonds. The predicted octanol–water partition coefficient (Wildman–Crippen LogP) is 6.18. The highest BCUT2D eigenvalue weighted by Crippen LogP contribution is 2.38. The molecule has 1 aliphatic carbocycles. The van der Waals surface area contributed by atoms with Crippen LogP contribution in [-0.4, -0.2) is 16.0 Å². The van der Waals surface area contributed by atoms with Crippen LogP contribution in [0.15, 0.2) is 84.8 Å². The third-order valence-electron chi connectivity index (χ3n) is 7.21. The van der Waals surface area contributed by atoms with Crippen LogP contribution in [0.5, 0.6) is 0 Å². The van der Waals surface area contributed by atoms with Crippen molar-refractivity contribution < 1.29 is 1.37 Å². The van der Waals surface area contributed by atoms with Crippen LogP contribution in [0.25, 0.3) is 10.9 Å². The van der Waals surface area contributed by atoms with Crippen LogP contribution in [-0.2, 0) is 0 Å². The molecular weight excluding hydrogens is 546 g/mol. The molecule has 2 atom stereocenters. The summed E-state index contributed by atoms with van der Waals surface area (Å²) in [5, 5.41) is 38.7. The Balaban J connectivity index is 1.46. The van der Waals surface area contributed by atoms with Crippen molar-refractivity contribution in [2.45, 2.75) is 37.4 Å². The van der Waals surface area contributed by atoms with E-state index in [9.17, 15) is 17.2 Å². The van der Waals surface area contributed by atoms with E-state index < -0.39 is 12.1 Å². The normalized spacial score (nSPS) is 16.6. The third kappa shape index (κ3) is 5.50. The van der Waals surface area contributed by atoms with Gasteiger partial charge in [0.2, 0.25) is 0 Å². The summed E-state index contributed by atoms with van der Waals surface area (Å²) in [5.74, 6) is 0. The molecule has 206 valence electrons. The summed E-state index contributed by atoms with van der Waals surface area (Å²) in [6.07, 6.45) is 5.61. The average Bonchev–Trinajstić information content (AvgIpc) is 3.76. The zero-order chi connectivity index (χ0) is 30.0. The first-order valence-corrected chi connectivity index (χ1v) is 13.8. The maximum Gasteiger partial charge on any atom is 0.103 e. The van der Waals surface area contributed by atoms with Crippen LogP contribution in [0.4, 0.5) is 11.4 Å². The van der Waals surface area contributed by atoms with E-state index in [-0.39, 0.29) is 6.42 Å². The maximum atomic E-state index is 10.0. The van der Waals surface area contributed by atoms with Crippen LogP contribution in [0.3, 0.4) is 0 Å². The van der Waals surface area contributed by atoms with Crippen molar-refractivity contribution in [3.05, 3.63) is 112 Å². The lowest BCUT2D eigenvalue weighted by Crippen LogP contribution is -2.38. The van der Waals surface area contributed by atoms with Crippen LogP contribution in [0, 0.1) is 34.0 Å². The van der Waals surface area contributed by atoms with E-state index in [0.29, 0.717) is 55.7 Å². The average molecular weight is 573 g/mol. The summed E-state index contributed by atoms with van der Waals surface area (Å²) in [6.45, 7) is 0. The predicted molar refractivity (Wildman–Crippen MR) is 161 cm³/mol. The lowest BCUT2D eigenvalue weighted by molar-refractivity contribution is 0.260. The molecule has 4 aromatic rings. The molecule has 1 fully saturated rings. The molecule has 0 saturated heterocycles. The van der Waals surface area contributed by atoms with Gasteiger partial charge in [0.05, 0.1) is 65.0 Å². The molecule has 6 rings (SSSR count). The highest BCUT2D eigenvalue weighted by atomic mass is 35.5. The molecule has 42 heavy (non-hydrogen) atoms. The highest BCUT2D eigenvalue weighted by Gasteiger charge is 2.32. The van der Waals surface area contributed by atoms with E-state index >= 15 is 0 Å². The van der Waals surface area contributed by atoms with Crippen LogP contribution < -0.4 is 21.6 Å². The van der Waals surface area contributed by atoms with E-state index in [2.05, 4.69) is 44.8 Å². The fourth-order valence-corrected chi connectivity index (χ4v) is 5.23. The number of pyridine rings is 1. The fraction of sp³-hybridized carbons (Fsp3) is 0.188. The van der Waals surface area contributed by atoms with E-state index in [4.69, 9.17) is 11.6 Å². The second-order valence-electron chi connectivity index (χ2n) is 10.1. The standard InChI is InChI=1S/C32H26ClN9/c33-27-15-24(38-31(22-8-4-5-20(13-22)16-35)29-19-42(41-40-29)25-9-10-25)14-26-30(23(17-36)18-37-32(26)27)39-28(11-12-34)21-6-2-1-3-7-21/h1-8,13-15,18-19,25,28,31,38,40-41H,9-11H2,(H,37,39)/t28-,31?/m0/s1/i31D. The van der Waals surface area contributed by atoms with Gasteiger partial charge in [0.1, 0.15) is 6.07 Å².